The van der Waals surface area contributed by atoms with Gasteiger partial charge in [-0.15, -0.1) is 0 Å². The summed E-state index contributed by atoms with van der Waals surface area (Å²) in [7, 11) is 0. The minimum absolute atomic E-state index is 0.144. The summed E-state index contributed by atoms with van der Waals surface area (Å²) in [5.41, 5.74) is 11.5. The highest BCUT2D eigenvalue weighted by Gasteiger charge is 2.31. The van der Waals surface area contributed by atoms with Gasteiger partial charge >= 0.3 is 0 Å². The van der Waals surface area contributed by atoms with E-state index < -0.39 is 0 Å². The van der Waals surface area contributed by atoms with Crippen molar-refractivity contribution in [1.82, 2.24) is 19.5 Å². The summed E-state index contributed by atoms with van der Waals surface area (Å²) in [6.07, 6.45) is 3.29. The Morgan fingerprint density at radius 1 is 1.14 bits per heavy atom. The van der Waals surface area contributed by atoms with E-state index in [1.165, 1.54) is 0 Å². The third-order valence-corrected chi connectivity index (χ3v) is 5.34. The molecule has 4 aromatic rings. The molecule has 4 N–H and O–H groups in total. The molecule has 0 fully saturated rings. The topological polar surface area (TPSA) is 119 Å². The third-order valence-electron chi connectivity index (χ3n) is 5.34. The molecule has 0 saturated heterocycles. The van der Waals surface area contributed by atoms with Gasteiger partial charge in [-0.2, -0.15) is 0 Å². The van der Waals surface area contributed by atoms with E-state index in [2.05, 4.69) is 20.3 Å². The van der Waals surface area contributed by atoms with Crippen LogP contribution in [0.15, 0.2) is 30.6 Å². The van der Waals surface area contributed by atoms with Crippen LogP contribution in [0.3, 0.4) is 0 Å². The highest BCUT2D eigenvalue weighted by molar-refractivity contribution is 6.22. The van der Waals surface area contributed by atoms with Crippen LogP contribution in [0, 0.1) is 20.8 Å². The van der Waals surface area contributed by atoms with Crippen LogP contribution in [0.5, 0.6) is 5.75 Å². The summed E-state index contributed by atoms with van der Waals surface area (Å²) >= 11 is 0. The number of phenolic OH excluding ortho intramolecular Hbond substituents is 1. The van der Waals surface area contributed by atoms with Gasteiger partial charge in [0, 0.05) is 23.5 Å². The number of hydrogen-bond acceptors (Lipinski definition) is 6. The number of aromatic nitrogens is 4. The standard InChI is InChI=1S/C21H18N6O2/c1-9-4-5-14(28)10(2)18(9)27-19(22)16-15-17(24-11(3)25-20(15)27)12-8-23-7-6-13(12)26-21(16)29/h4-8,28H,22H2,1-3H3,(H,26,29). The Hall–Kier alpha value is -3.94. The number of aryl methyl sites for hydroxylation is 2. The molecule has 0 aliphatic carbocycles. The summed E-state index contributed by atoms with van der Waals surface area (Å²) in [5.74, 6) is 0.597. The second-order valence-electron chi connectivity index (χ2n) is 7.16. The normalized spacial score (nSPS) is 12.6. The molecule has 144 valence electrons. The number of fused-ring (bicyclic) bond motifs is 2. The van der Waals surface area contributed by atoms with Gasteiger partial charge in [0.05, 0.1) is 28.0 Å². The van der Waals surface area contributed by atoms with Crippen molar-refractivity contribution in [3.8, 4) is 22.7 Å². The zero-order valence-electron chi connectivity index (χ0n) is 16.1. The lowest BCUT2D eigenvalue weighted by molar-refractivity contribution is 0.102. The lowest BCUT2D eigenvalue weighted by atomic mass is 10.1. The van der Waals surface area contributed by atoms with Crippen LogP contribution in [-0.2, 0) is 0 Å². The molecule has 4 heterocycles. The van der Waals surface area contributed by atoms with Gasteiger partial charge in [0.15, 0.2) is 5.65 Å². The van der Waals surface area contributed by atoms with Gasteiger partial charge in [0.1, 0.15) is 17.4 Å². The second kappa shape index (κ2) is 5.78. The van der Waals surface area contributed by atoms with E-state index in [0.717, 1.165) is 5.56 Å². The zero-order valence-corrected chi connectivity index (χ0v) is 16.1. The van der Waals surface area contributed by atoms with Crippen molar-refractivity contribution in [3.63, 3.8) is 0 Å². The van der Waals surface area contributed by atoms with Gasteiger partial charge in [0.25, 0.3) is 5.91 Å². The molecule has 0 unspecified atom stereocenters. The molecule has 0 saturated carbocycles. The number of amides is 1. The Bertz CT molecular complexity index is 1360. The van der Waals surface area contributed by atoms with Gasteiger partial charge < -0.3 is 16.2 Å². The van der Waals surface area contributed by atoms with Crippen LogP contribution in [0.4, 0.5) is 11.5 Å². The number of nitrogens with two attached hydrogens (primary N) is 1. The molecule has 8 heteroatoms. The minimum Gasteiger partial charge on any atom is -0.508 e. The van der Waals surface area contributed by atoms with E-state index in [9.17, 15) is 9.90 Å². The molecule has 8 nitrogen and oxygen atoms in total. The Balaban J connectivity index is 2.00. The Labute approximate surface area is 166 Å². The van der Waals surface area contributed by atoms with Crippen molar-refractivity contribution in [1.29, 1.82) is 0 Å². The molecule has 5 rings (SSSR count). The van der Waals surface area contributed by atoms with Crippen molar-refractivity contribution in [2.24, 2.45) is 0 Å². The monoisotopic (exact) mass is 386 g/mol. The quantitative estimate of drug-likeness (QED) is 0.462. The SMILES string of the molecule is Cc1nc2c3c(c(N)n(-c4c(C)ccc(O)c4C)c3n1)C(=O)Nc1ccncc1-2. The molecule has 29 heavy (non-hydrogen) atoms. The molecular formula is C21H18N6O2. The van der Waals surface area contributed by atoms with Crippen molar-refractivity contribution in [2.75, 3.05) is 11.1 Å². The van der Waals surface area contributed by atoms with Crippen LogP contribution in [0.1, 0.15) is 27.3 Å². The molecule has 0 atom stereocenters. The molecule has 1 aromatic carbocycles. The van der Waals surface area contributed by atoms with Crippen LogP contribution in [0.25, 0.3) is 28.0 Å². The summed E-state index contributed by atoms with van der Waals surface area (Å²) in [5, 5.41) is 13.8. The van der Waals surface area contributed by atoms with E-state index in [-0.39, 0.29) is 17.5 Å². The summed E-state index contributed by atoms with van der Waals surface area (Å²) in [4.78, 5) is 26.6. The first kappa shape index (κ1) is 17.2. The van der Waals surface area contributed by atoms with Gasteiger partial charge in [-0.05, 0) is 38.5 Å². The van der Waals surface area contributed by atoms with Crippen molar-refractivity contribution in [3.05, 3.63) is 53.1 Å². The largest absolute Gasteiger partial charge is 0.508 e. The van der Waals surface area contributed by atoms with Crippen molar-refractivity contribution in [2.45, 2.75) is 20.8 Å². The Kier molecular flexibility index (Phi) is 3.42. The fourth-order valence-electron chi connectivity index (χ4n) is 4.00. The first-order valence-electron chi connectivity index (χ1n) is 9.12. The van der Waals surface area contributed by atoms with E-state index in [1.54, 1.807) is 36.0 Å². The molecule has 3 aromatic heterocycles. The van der Waals surface area contributed by atoms with Crippen LogP contribution in [0.2, 0.25) is 0 Å². The number of nitrogens with one attached hydrogen (secondary N) is 1. The highest BCUT2D eigenvalue weighted by atomic mass is 16.3. The fourth-order valence-corrected chi connectivity index (χ4v) is 4.00. The first-order chi connectivity index (χ1) is 13.9. The maximum Gasteiger partial charge on any atom is 0.260 e. The molecule has 0 bridgehead atoms. The number of pyridine rings is 1. The number of phenols is 1. The second-order valence-corrected chi connectivity index (χ2v) is 7.16. The van der Waals surface area contributed by atoms with Gasteiger partial charge in [0.2, 0.25) is 0 Å². The lowest BCUT2D eigenvalue weighted by Gasteiger charge is -2.16. The Morgan fingerprint density at radius 2 is 1.93 bits per heavy atom. The number of anilines is 2. The smallest absolute Gasteiger partial charge is 0.260 e. The fraction of sp³-hybridized carbons (Fsp3) is 0.143. The maximum atomic E-state index is 13.1. The predicted octanol–water partition coefficient (Wildman–Crippen LogP) is 3.26. The van der Waals surface area contributed by atoms with Gasteiger partial charge in [-0.25, -0.2) is 9.97 Å². The molecule has 1 amide bonds. The number of benzene rings is 1. The van der Waals surface area contributed by atoms with Gasteiger partial charge in [-0.3, -0.25) is 14.3 Å². The highest BCUT2D eigenvalue weighted by Crippen LogP contribution is 2.42. The molecule has 1 aliphatic heterocycles. The number of carbonyl (C=O) groups is 1. The van der Waals surface area contributed by atoms with Gasteiger partial charge in [-0.1, -0.05) is 6.07 Å². The molecular weight excluding hydrogens is 368 g/mol. The third kappa shape index (κ3) is 2.25. The minimum atomic E-state index is -0.333. The number of hydrogen-bond donors (Lipinski definition) is 3. The van der Waals surface area contributed by atoms with E-state index >= 15 is 0 Å². The zero-order chi connectivity index (χ0) is 20.4. The molecule has 0 spiro atoms. The number of aromatic hydroxyl groups is 1. The number of nitrogen functional groups attached to an aromatic ring is 1. The van der Waals surface area contributed by atoms with Crippen molar-refractivity contribution >= 4 is 28.4 Å². The summed E-state index contributed by atoms with van der Waals surface area (Å²) in [6.45, 7) is 5.52. The Morgan fingerprint density at radius 3 is 2.72 bits per heavy atom. The number of carbonyl (C=O) groups excluding carboxylic acids is 1. The summed E-state index contributed by atoms with van der Waals surface area (Å²) in [6, 6.07) is 5.18. The van der Waals surface area contributed by atoms with Crippen LogP contribution < -0.4 is 11.1 Å². The van der Waals surface area contributed by atoms with E-state index in [4.69, 9.17) is 5.73 Å². The predicted molar refractivity (Wildman–Crippen MR) is 110 cm³/mol. The first-order valence-corrected chi connectivity index (χ1v) is 9.12. The van der Waals surface area contributed by atoms with E-state index in [0.29, 0.717) is 50.6 Å². The van der Waals surface area contributed by atoms with E-state index in [1.807, 2.05) is 19.9 Å². The summed E-state index contributed by atoms with van der Waals surface area (Å²) < 4.78 is 1.73. The van der Waals surface area contributed by atoms with Crippen LogP contribution in [-0.4, -0.2) is 30.5 Å². The number of rotatable bonds is 1. The number of nitrogens with zero attached hydrogens (tertiary/aromatic N) is 4. The average molecular weight is 386 g/mol. The van der Waals surface area contributed by atoms with Crippen LogP contribution >= 0.6 is 0 Å². The maximum absolute atomic E-state index is 13.1. The molecule has 0 radical (unpaired) electrons. The lowest BCUT2D eigenvalue weighted by Crippen LogP contribution is -2.14. The average Bonchev–Trinajstić information content (AvgIpc) is 2.89. The van der Waals surface area contributed by atoms with Crippen molar-refractivity contribution < 1.29 is 9.90 Å². The molecule has 1 aliphatic rings.